The molecule has 0 aliphatic heterocycles. The Balaban J connectivity index is 2.58. The summed E-state index contributed by atoms with van der Waals surface area (Å²) in [5, 5.41) is 8.90. The van der Waals surface area contributed by atoms with E-state index in [0.29, 0.717) is 11.9 Å². The van der Waals surface area contributed by atoms with Crippen molar-refractivity contribution in [3.63, 3.8) is 0 Å². The second-order valence-corrected chi connectivity index (χ2v) is 5.28. The van der Waals surface area contributed by atoms with Crippen molar-refractivity contribution in [3.05, 3.63) is 29.6 Å². The van der Waals surface area contributed by atoms with Crippen LogP contribution in [0.2, 0.25) is 0 Å². The van der Waals surface area contributed by atoms with Gasteiger partial charge in [0.25, 0.3) is 0 Å². The number of rotatable bonds is 4. The monoisotopic (exact) mass is 300 g/mol. The van der Waals surface area contributed by atoms with Crippen molar-refractivity contribution in [2.24, 2.45) is 5.92 Å². The molecule has 2 rings (SSSR count). The number of aryl methyl sites for hydroxylation is 1. The van der Waals surface area contributed by atoms with Gasteiger partial charge in [0.2, 0.25) is 5.82 Å². The Bertz CT molecular complexity index is 675. The smallest absolute Gasteiger partial charge is 0.449 e. The molecule has 7 heteroatoms. The van der Waals surface area contributed by atoms with E-state index in [9.17, 15) is 18.0 Å². The molecule has 0 spiro atoms. The Kier molecular flexibility index (Phi) is 3.93. The molecule has 1 aromatic carbocycles. The highest BCUT2D eigenvalue weighted by Gasteiger charge is 2.37. The molecule has 0 saturated carbocycles. The van der Waals surface area contributed by atoms with E-state index in [2.05, 4.69) is 4.98 Å². The van der Waals surface area contributed by atoms with E-state index < -0.39 is 18.0 Å². The summed E-state index contributed by atoms with van der Waals surface area (Å²) in [6.45, 7) is 4.04. The fraction of sp³-hybridized carbons (Fsp3) is 0.429. The zero-order valence-electron chi connectivity index (χ0n) is 11.6. The SMILES string of the molecule is CC(C)CCn1c(C(F)(F)F)nc2cc(C(=O)O)ccc21. The summed E-state index contributed by atoms with van der Waals surface area (Å²) >= 11 is 0. The van der Waals surface area contributed by atoms with Crippen LogP contribution < -0.4 is 0 Å². The first-order valence-corrected chi connectivity index (χ1v) is 6.51. The number of imidazole rings is 1. The van der Waals surface area contributed by atoms with Crippen molar-refractivity contribution >= 4 is 17.0 Å². The lowest BCUT2D eigenvalue weighted by molar-refractivity contribution is -0.147. The number of aromatic nitrogens is 2. The van der Waals surface area contributed by atoms with E-state index in [1.807, 2.05) is 13.8 Å². The summed E-state index contributed by atoms with van der Waals surface area (Å²) < 4.78 is 40.3. The molecule has 21 heavy (non-hydrogen) atoms. The molecule has 1 heterocycles. The van der Waals surface area contributed by atoms with Crippen molar-refractivity contribution in [2.75, 3.05) is 0 Å². The van der Waals surface area contributed by atoms with Crippen molar-refractivity contribution in [1.29, 1.82) is 0 Å². The minimum Gasteiger partial charge on any atom is -0.478 e. The molecule has 114 valence electrons. The van der Waals surface area contributed by atoms with Crippen LogP contribution in [0.4, 0.5) is 13.2 Å². The summed E-state index contributed by atoms with van der Waals surface area (Å²) in [5.41, 5.74) is 0.267. The molecule has 0 aliphatic rings. The van der Waals surface area contributed by atoms with Crippen LogP contribution >= 0.6 is 0 Å². The average molecular weight is 300 g/mol. The number of benzene rings is 1. The van der Waals surface area contributed by atoms with Gasteiger partial charge >= 0.3 is 12.1 Å². The second kappa shape index (κ2) is 5.38. The zero-order chi connectivity index (χ0) is 15.8. The quantitative estimate of drug-likeness (QED) is 0.934. The molecule has 0 amide bonds. The van der Waals surface area contributed by atoms with Crippen molar-refractivity contribution < 1.29 is 23.1 Å². The van der Waals surface area contributed by atoms with Crippen LogP contribution in [-0.2, 0) is 12.7 Å². The van der Waals surface area contributed by atoms with E-state index in [1.165, 1.54) is 18.2 Å². The number of fused-ring (bicyclic) bond motifs is 1. The zero-order valence-corrected chi connectivity index (χ0v) is 11.6. The van der Waals surface area contributed by atoms with Crippen LogP contribution in [0.1, 0.15) is 36.5 Å². The number of hydrogen-bond acceptors (Lipinski definition) is 2. The minimum atomic E-state index is -4.57. The van der Waals surface area contributed by atoms with Crippen LogP contribution in [-0.4, -0.2) is 20.6 Å². The van der Waals surface area contributed by atoms with Crippen LogP contribution in [0.5, 0.6) is 0 Å². The van der Waals surface area contributed by atoms with Crippen LogP contribution in [0, 0.1) is 5.92 Å². The summed E-state index contributed by atoms with van der Waals surface area (Å²) in [6.07, 6.45) is -3.99. The third kappa shape index (κ3) is 3.17. The number of aromatic carboxylic acids is 1. The molecule has 4 nitrogen and oxygen atoms in total. The molecule has 0 fully saturated rings. The second-order valence-electron chi connectivity index (χ2n) is 5.28. The minimum absolute atomic E-state index is 0.0472. The van der Waals surface area contributed by atoms with Gasteiger partial charge in [0.1, 0.15) is 0 Å². The standard InChI is InChI=1S/C14H15F3N2O2/c1-8(2)5-6-19-11-4-3-9(12(20)21)7-10(11)18-13(19)14(15,16)17/h3-4,7-8H,5-6H2,1-2H3,(H,20,21). The first-order valence-electron chi connectivity index (χ1n) is 6.51. The number of nitrogens with zero attached hydrogens (tertiary/aromatic N) is 2. The maximum Gasteiger partial charge on any atom is 0.449 e. The number of carbonyl (C=O) groups is 1. The van der Waals surface area contributed by atoms with Crippen molar-refractivity contribution in [1.82, 2.24) is 9.55 Å². The molecule has 1 N–H and O–H groups in total. The highest BCUT2D eigenvalue weighted by molar-refractivity contribution is 5.92. The van der Waals surface area contributed by atoms with E-state index in [0.717, 1.165) is 4.57 Å². The van der Waals surface area contributed by atoms with Gasteiger partial charge in [-0.2, -0.15) is 13.2 Å². The molecule has 0 saturated heterocycles. The third-order valence-corrected chi connectivity index (χ3v) is 3.18. The molecule has 0 bridgehead atoms. The van der Waals surface area contributed by atoms with Crippen molar-refractivity contribution in [3.8, 4) is 0 Å². The normalized spacial score (nSPS) is 12.3. The van der Waals surface area contributed by atoms with Gasteiger partial charge in [-0.1, -0.05) is 13.8 Å². The first-order chi connectivity index (χ1) is 9.70. The number of hydrogen-bond donors (Lipinski definition) is 1. The lowest BCUT2D eigenvalue weighted by atomic mass is 10.1. The maximum absolute atomic E-state index is 13.1. The molecule has 2 aromatic rings. The van der Waals surface area contributed by atoms with E-state index in [-0.39, 0.29) is 23.5 Å². The third-order valence-electron chi connectivity index (χ3n) is 3.18. The Labute approximate surface area is 119 Å². The predicted octanol–water partition coefficient (Wildman–Crippen LogP) is 3.80. The predicted molar refractivity (Wildman–Crippen MR) is 71.1 cm³/mol. The Morgan fingerprint density at radius 2 is 2.05 bits per heavy atom. The Morgan fingerprint density at radius 1 is 1.38 bits per heavy atom. The van der Waals surface area contributed by atoms with Gasteiger partial charge in [-0.15, -0.1) is 0 Å². The summed E-state index contributed by atoms with van der Waals surface area (Å²) in [7, 11) is 0. The molecule has 1 aromatic heterocycles. The van der Waals surface area contributed by atoms with Gasteiger partial charge in [0, 0.05) is 6.54 Å². The van der Waals surface area contributed by atoms with E-state index in [4.69, 9.17) is 5.11 Å². The van der Waals surface area contributed by atoms with Gasteiger partial charge in [-0.3, -0.25) is 0 Å². The van der Waals surface area contributed by atoms with Crippen molar-refractivity contribution in [2.45, 2.75) is 33.0 Å². The maximum atomic E-state index is 13.1. The molecule has 0 aliphatic carbocycles. The molecule has 0 radical (unpaired) electrons. The van der Waals surface area contributed by atoms with Gasteiger partial charge in [0.15, 0.2) is 0 Å². The Hall–Kier alpha value is -2.05. The fourth-order valence-electron chi connectivity index (χ4n) is 2.09. The van der Waals surface area contributed by atoms with Gasteiger partial charge in [0.05, 0.1) is 16.6 Å². The molecular formula is C14H15F3N2O2. The van der Waals surface area contributed by atoms with Gasteiger partial charge < -0.3 is 9.67 Å². The lowest BCUT2D eigenvalue weighted by Crippen LogP contribution is -2.15. The lowest BCUT2D eigenvalue weighted by Gasteiger charge is -2.12. The van der Waals surface area contributed by atoms with Crippen LogP contribution in [0.3, 0.4) is 0 Å². The fourth-order valence-corrected chi connectivity index (χ4v) is 2.09. The number of carboxylic acid groups (broad SMARTS) is 1. The summed E-state index contributed by atoms with van der Waals surface area (Å²) in [5.74, 6) is -1.93. The number of carboxylic acids is 1. The molecule has 0 atom stereocenters. The average Bonchev–Trinajstić information content (AvgIpc) is 2.73. The first kappa shape index (κ1) is 15.3. The van der Waals surface area contributed by atoms with E-state index >= 15 is 0 Å². The van der Waals surface area contributed by atoms with E-state index in [1.54, 1.807) is 0 Å². The van der Waals surface area contributed by atoms with Crippen LogP contribution in [0.15, 0.2) is 18.2 Å². The topological polar surface area (TPSA) is 55.1 Å². The van der Waals surface area contributed by atoms with Crippen LogP contribution in [0.25, 0.3) is 11.0 Å². The highest BCUT2D eigenvalue weighted by Crippen LogP contribution is 2.32. The molecule has 0 unspecified atom stereocenters. The van der Waals surface area contributed by atoms with Gasteiger partial charge in [-0.25, -0.2) is 9.78 Å². The largest absolute Gasteiger partial charge is 0.478 e. The number of halogens is 3. The number of alkyl halides is 3. The molecular weight excluding hydrogens is 285 g/mol. The highest BCUT2D eigenvalue weighted by atomic mass is 19.4. The summed E-state index contributed by atoms with van der Waals surface area (Å²) in [6, 6.07) is 3.83. The van der Waals surface area contributed by atoms with Gasteiger partial charge in [-0.05, 0) is 30.5 Å². The Morgan fingerprint density at radius 3 is 2.57 bits per heavy atom. The summed E-state index contributed by atoms with van der Waals surface area (Å²) in [4.78, 5) is 14.5.